The number of carboxylic acid groups (broad SMARTS) is 1. The number of fused-ring (bicyclic) bond motifs is 1. The zero-order chi connectivity index (χ0) is 25.2. The van der Waals surface area contributed by atoms with Gasteiger partial charge in [0.05, 0.1) is 27.1 Å². The highest BCUT2D eigenvalue weighted by Gasteiger charge is 2.25. The topological polar surface area (TPSA) is 137 Å². The molecule has 0 bridgehead atoms. The van der Waals surface area contributed by atoms with Gasteiger partial charge in [-0.3, -0.25) is 14.9 Å². The van der Waals surface area contributed by atoms with Gasteiger partial charge < -0.3 is 9.84 Å². The number of hydrogen-bond acceptors (Lipinski definition) is 7. The first-order valence-corrected chi connectivity index (χ1v) is 11.3. The van der Waals surface area contributed by atoms with E-state index in [0.717, 1.165) is 6.07 Å². The number of nitro groups is 1. The van der Waals surface area contributed by atoms with Crippen molar-refractivity contribution in [3.05, 3.63) is 71.7 Å². The molecule has 1 N–H and O–H groups in total. The monoisotopic (exact) mass is 550 g/mol. The molecule has 2 aromatic carbocycles. The smallest absolute Gasteiger partial charge is 0.344 e. The zero-order valence-corrected chi connectivity index (χ0v) is 20.7. The number of nitro benzene ring substituents is 1. The summed E-state index contributed by atoms with van der Waals surface area (Å²) in [7, 11) is 0. The zero-order valence-electron chi connectivity index (χ0n) is 18.4. The molecular weight excluding hydrogens is 532 g/mol. The second-order valence-electron chi connectivity index (χ2n) is 7.51. The number of hydrogen-bond donors (Lipinski definition) is 1. The third-order valence-corrected chi connectivity index (χ3v) is 5.87. The molecule has 2 atom stereocenters. The van der Waals surface area contributed by atoms with E-state index in [2.05, 4.69) is 26.0 Å². The number of halogens is 2. The Bertz CT molecular complexity index is 1370. The Morgan fingerprint density at radius 1 is 1.38 bits per heavy atom. The summed E-state index contributed by atoms with van der Waals surface area (Å²) in [6, 6.07) is 7.65. The summed E-state index contributed by atoms with van der Waals surface area (Å²) < 4.78 is 7.05. The van der Waals surface area contributed by atoms with Crippen LogP contribution in [0.15, 0.2) is 44.7 Å². The van der Waals surface area contributed by atoms with Crippen LogP contribution in [0.25, 0.3) is 10.9 Å². The molecule has 34 heavy (non-hydrogen) atoms. The van der Waals surface area contributed by atoms with Crippen LogP contribution in [0.2, 0.25) is 5.02 Å². The van der Waals surface area contributed by atoms with E-state index in [4.69, 9.17) is 21.4 Å². The lowest BCUT2D eigenvalue weighted by Gasteiger charge is -2.14. The van der Waals surface area contributed by atoms with Gasteiger partial charge in [0, 0.05) is 22.0 Å². The molecule has 10 nitrogen and oxygen atoms in total. The van der Waals surface area contributed by atoms with E-state index in [1.54, 1.807) is 18.2 Å². The Hall–Kier alpha value is -3.31. The van der Waals surface area contributed by atoms with Gasteiger partial charge in [-0.25, -0.2) is 9.78 Å². The fourth-order valence-corrected chi connectivity index (χ4v) is 3.69. The molecular formula is C22H20BrClN4O6. The fraction of sp³-hybridized carbons (Fsp3) is 0.273. The van der Waals surface area contributed by atoms with Crippen molar-refractivity contribution >= 4 is 56.3 Å². The lowest BCUT2D eigenvalue weighted by Crippen LogP contribution is -2.24. The number of rotatable bonds is 8. The molecule has 0 saturated heterocycles. The maximum absolute atomic E-state index is 13.2. The average Bonchev–Trinajstić information content (AvgIpc) is 2.79. The highest BCUT2D eigenvalue weighted by atomic mass is 79.9. The van der Waals surface area contributed by atoms with E-state index in [-0.39, 0.29) is 22.3 Å². The third-order valence-electron chi connectivity index (χ3n) is 5.09. The van der Waals surface area contributed by atoms with Gasteiger partial charge in [0.1, 0.15) is 5.82 Å². The van der Waals surface area contributed by atoms with E-state index >= 15 is 0 Å². The normalized spacial score (nSPS) is 13.2. The molecule has 3 aromatic rings. The standard InChI is InChI=1S/C22H20BrClN4O6/c1-4-11(2)20-26-17-6-5-14(23)9-15(17)21(29)27(20)25-10-13-7-16(24)19(18(8-13)28(32)33)34-12(3)22(30)31/h5-12H,4H2,1-3H3,(H,30,31)/t11-,12+/m1/s1. The van der Waals surface area contributed by atoms with Crippen LogP contribution in [-0.2, 0) is 4.79 Å². The van der Waals surface area contributed by atoms with Crippen LogP contribution in [-0.4, -0.2) is 38.0 Å². The van der Waals surface area contributed by atoms with E-state index in [1.807, 2.05) is 13.8 Å². The largest absolute Gasteiger partial charge is 0.479 e. The van der Waals surface area contributed by atoms with Crippen molar-refractivity contribution in [1.82, 2.24) is 9.66 Å². The van der Waals surface area contributed by atoms with Crippen LogP contribution in [0, 0.1) is 10.1 Å². The van der Waals surface area contributed by atoms with Gasteiger partial charge in [-0.2, -0.15) is 9.78 Å². The van der Waals surface area contributed by atoms with Gasteiger partial charge in [-0.1, -0.05) is 41.4 Å². The van der Waals surface area contributed by atoms with Crippen molar-refractivity contribution in [1.29, 1.82) is 0 Å². The van der Waals surface area contributed by atoms with E-state index < -0.39 is 28.2 Å². The molecule has 0 radical (unpaired) electrons. The number of aromatic nitrogens is 2. The molecule has 0 saturated carbocycles. The lowest BCUT2D eigenvalue weighted by molar-refractivity contribution is -0.386. The van der Waals surface area contributed by atoms with Crippen molar-refractivity contribution in [2.24, 2.45) is 5.10 Å². The van der Waals surface area contributed by atoms with Gasteiger partial charge in [0.15, 0.2) is 6.10 Å². The van der Waals surface area contributed by atoms with Crippen molar-refractivity contribution in [3.63, 3.8) is 0 Å². The third kappa shape index (κ3) is 5.26. The number of carbonyl (C=O) groups is 1. The van der Waals surface area contributed by atoms with Crippen LogP contribution < -0.4 is 10.3 Å². The SMILES string of the molecule is CC[C@@H](C)c1nc2ccc(Br)cc2c(=O)n1N=Cc1cc(Cl)c(O[C@@H](C)C(=O)O)c([N+](=O)[O-])c1. The first-order chi connectivity index (χ1) is 16.0. The molecule has 3 rings (SSSR count). The first kappa shape index (κ1) is 25.3. The van der Waals surface area contributed by atoms with Crippen LogP contribution >= 0.6 is 27.5 Å². The summed E-state index contributed by atoms with van der Waals surface area (Å²) >= 11 is 9.52. The van der Waals surface area contributed by atoms with Crippen LogP contribution in [0.5, 0.6) is 5.75 Å². The maximum atomic E-state index is 13.2. The summed E-state index contributed by atoms with van der Waals surface area (Å²) in [5.74, 6) is -1.32. The molecule has 0 unspecified atom stereocenters. The quantitative estimate of drug-likeness (QED) is 0.237. The summed E-state index contributed by atoms with van der Waals surface area (Å²) in [4.78, 5) is 39.7. The Morgan fingerprint density at radius 3 is 2.71 bits per heavy atom. The molecule has 1 heterocycles. The second kappa shape index (κ2) is 10.3. The fourth-order valence-electron chi connectivity index (χ4n) is 3.06. The van der Waals surface area contributed by atoms with Crippen molar-refractivity contribution in [2.45, 2.75) is 39.2 Å². The Morgan fingerprint density at radius 2 is 2.09 bits per heavy atom. The highest BCUT2D eigenvalue weighted by molar-refractivity contribution is 9.10. The molecule has 0 aliphatic heterocycles. The minimum absolute atomic E-state index is 0.0934. The minimum atomic E-state index is -1.35. The molecule has 0 fully saturated rings. The van der Waals surface area contributed by atoms with Crippen molar-refractivity contribution in [2.75, 3.05) is 0 Å². The molecule has 0 spiro atoms. The molecule has 178 valence electrons. The maximum Gasteiger partial charge on any atom is 0.344 e. The Balaban J connectivity index is 2.14. The molecule has 0 amide bonds. The van der Waals surface area contributed by atoms with E-state index in [1.165, 1.54) is 23.9 Å². The minimum Gasteiger partial charge on any atom is -0.479 e. The highest BCUT2D eigenvalue weighted by Crippen LogP contribution is 2.36. The van der Waals surface area contributed by atoms with Crippen LogP contribution in [0.1, 0.15) is 44.5 Å². The van der Waals surface area contributed by atoms with Crippen LogP contribution in [0.3, 0.4) is 0 Å². The van der Waals surface area contributed by atoms with Gasteiger partial charge in [-0.05, 0) is 37.6 Å². The van der Waals surface area contributed by atoms with E-state index in [9.17, 15) is 19.7 Å². The number of aliphatic carboxylic acids is 1. The number of nitrogens with zero attached hydrogens (tertiary/aromatic N) is 4. The van der Waals surface area contributed by atoms with Crippen LogP contribution in [0.4, 0.5) is 5.69 Å². The molecule has 12 heteroatoms. The van der Waals surface area contributed by atoms with E-state index in [0.29, 0.717) is 27.6 Å². The van der Waals surface area contributed by atoms with Crippen molar-refractivity contribution < 1.29 is 19.6 Å². The molecule has 0 aliphatic carbocycles. The molecule has 1 aromatic heterocycles. The predicted molar refractivity (Wildman–Crippen MR) is 131 cm³/mol. The summed E-state index contributed by atoms with van der Waals surface area (Å²) in [5, 5.41) is 25.1. The summed E-state index contributed by atoms with van der Waals surface area (Å²) in [5.41, 5.74) is -0.183. The van der Waals surface area contributed by atoms with Gasteiger partial charge in [-0.15, -0.1) is 0 Å². The lowest BCUT2D eigenvalue weighted by atomic mass is 10.1. The van der Waals surface area contributed by atoms with Gasteiger partial charge in [0.2, 0.25) is 5.75 Å². The Labute approximate surface area is 207 Å². The molecule has 0 aliphatic rings. The number of benzene rings is 2. The van der Waals surface area contributed by atoms with Crippen molar-refractivity contribution in [3.8, 4) is 5.75 Å². The van der Waals surface area contributed by atoms with Gasteiger partial charge >= 0.3 is 11.7 Å². The Kier molecular flexibility index (Phi) is 7.68. The van der Waals surface area contributed by atoms with Gasteiger partial charge in [0.25, 0.3) is 5.56 Å². The predicted octanol–water partition coefficient (Wildman–Crippen LogP) is 4.97. The summed E-state index contributed by atoms with van der Waals surface area (Å²) in [6.07, 6.45) is 0.604. The number of ether oxygens (including phenoxy) is 1. The first-order valence-electron chi connectivity index (χ1n) is 10.2. The number of carboxylic acids is 1. The summed E-state index contributed by atoms with van der Waals surface area (Å²) in [6.45, 7) is 5.10. The average molecular weight is 552 g/mol. The second-order valence-corrected chi connectivity index (χ2v) is 8.83.